The molecule has 0 unspecified atom stereocenters. The summed E-state index contributed by atoms with van der Waals surface area (Å²) in [6.45, 7) is 2.85. The Labute approximate surface area is 130 Å². The Kier molecular flexibility index (Phi) is 4.38. The minimum absolute atomic E-state index is 0.667. The van der Waals surface area contributed by atoms with Gasteiger partial charge >= 0.3 is 0 Å². The lowest BCUT2D eigenvalue weighted by molar-refractivity contribution is 0.667. The highest BCUT2D eigenvalue weighted by molar-refractivity contribution is 5.54. The lowest BCUT2D eigenvalue weighted by Gasteiger charge is -2.17. The first-order valence-corrected chi connectivity index (χ1v) is 7.93. The molecule has 1 aliphatic carbocycles. The Bertz CT molecular complexity index is 696. The molecule has 0 amide bonds. The molecule has 0 fully saturated rings. The smallest absolute Gasteiger partial charge is 0.144 e. The van der Waals surface area contributed by atoms with Crippen LogP contribution < -0.4 is 5.32 Å². The number of anilines is 1. The predicted octanol–water partition coefficient (Wildman–Crippen LogP) is 2.91. The van der Waals surface area contributed by atoms with Crippen molar-refractivity contribution in [2.45, 2.75) is 45.4 Å². The number of fused-ring (bicyclic) bond motifs is 1. The van der Waals surface area contributed by atoms with E-state index in [0.29, 0.717) is 5.56 Å². The molecule has 3 rings (SSSR count). The average molecular weight is 295 g/mol. The molecule has 0 atom stereocenters. The van der Waals surface area contributed by atoms with Gasteiger partial charge in [-0.3, -0.25) is 5.10 Å². The monoisotopic (exact) mass is 295 g/mol. The topological polar surface area (TPSA) is 77.4 Å². The SMILES string of the molecule is Cc1[nH]ncc1CCCNc1nc2c(cc1C#N)CCCC2. The van der Waals surface area contributed by atoms with E-state index in [4.69, 9.17) is 0 Å². The van der Waals surface area contributed by atoms with E-state index < -0.39 is 0 Å². The molecule has 0 spiro atoms. The van der Waals surface area contributed by atoms with E-state index in [2.05, 4.69) is 26.6 Å². The zero-order valence-electron chi connectivity index (χ0n) is 12.9. The first-order chi connectivity index (χ1) is 10.8. The first kappa shape index (κ1) is 14.6. The van der Waals surface area contributed by atoms with Crippen molar-refractivity contribution in [1.82, 2.24) is 15.2 Å². The van der Waals surface area contributed by atoms with Gasteiger partial charge in [-0.2, -0.15) is 10.4 Å². The van der Waals surface area contributed by atoms with Crippen LogP contribution in [0.4, 0.5) is 5.82 Å². The summed E-state index contributed by atoms with van der Waals surface area (Å²) < 4.78 is 0. The molecule has 22 heavy (non-hydrogen) atoms. The predicted molar refractivity (Wildman–Crippen MR) is 85.7 cm³/mol. The van der Waals surface area contributed by atoms with E-state index in [-0.39, 0.29) is 0 Å². The third-order valence-electron chi connectivity index (χ3n) is 4.27. The van der Waals surface area contributed by atoms with E-state index in [0.717, 1.165) is 43.7 Å². The highest BCUT2D eigenvalue weighted by atomic mass is 15.1. The van der Waals surface area contributed by atoms with Crippen LogP contribution in [0.15, 0.2) is 12.3 Å². The standard InChI is InChI=1S/C17H21N5/c1-12-14(11-20-22-12)6-4-8-19-17-15(10-18)9-13-5-2-3-7-16(13)21-17/h9,11H,2-8H2,1H3,(H,19,21)(H,20,22). The van der Waals surface area contributed by atoms with Crippen LogP contribution in [0.5, 0.6) is 0 Å². The number of aromatic nitrogens is 3. The largest absolute Gasteiger partial charge is 0.369 e. The second kappa shape index (κ2) is 6.61. The second-order valence-corrected chi connectivity index (χ2v) is 5.86. The number of aromatic amines is 1. The number of rotatable bonds is 5. The maximum Gasteiger partial charge on any atom is 0.144 e. The second-order valence-electron chi connectivity index (χ2n) is 5.86. The number of nitrogens with one attached hydrogen (secondary N) is 2. The molecule has 0 bridgehead atoms. The van der Waals surface area contributed by atoms with Gasteiger partial charge < -0.3 is 5.32 Å². The highest BCUT2D eigenvalue weighted by Gasteiger charge is 2.14. The van der Waals surface area contributed by atoms with Gasteiger partial charge in [-0.15, -0.1) is 0 Å². The highest BCUT2D eigenvalue weighted by Crippen LogP contribution is 2.24. The van der Waals surface area contributed by atoms with Crippen molar-refractivity contribution >= 4 is 5.82 Å². The maximum absolute atomic E-state index is 9.32. The van der Waals surface area contributed by atoms with E-state index in [9.17, 15) is 5.26 Å². The van der Waals surface area contributed by atoms with Crippen LogP contribution in [0.25, 0.3) is 0 Å². The molecule has 0 saturated carbocycles. The number of nitrogens with zero attached hydrogens (tertiary/aromatic N) is 3. The number of aryl methyl sites for hydroxylation is 4. The first-order valence-electron chi connectivity index (χ1n) is 7.93. The number of hydrogen-bond donors (Lipinski definition) is 2. The molecule has 2 aromatic heterocycles. The molecule has 2 aromatic rings. The van der Waals surface area contributed by atoms with Crippen molar-refractivity contribution < 1.29 is 0 Å². The molecular formula is C17H21N5. The van der Waals surface area contributed by atoms with Crippen molar-refractivity contribution in [1.29, 1.82) is 5.26 Å². The van der Waals surface area contributed by atoms with E-state index in [1.807, 2.05) is 19.2 Å². The molecule has 2 heterocycles. The van der Waals surface area contributed by atoms with Gasteiger partial charge in [0.2, 0.25) is 0 Å². The minimum Gasteiger partial charge on any atom is -0.369 e. The Morgan fingerprint density at radius 2 is 2.23 bits per heavy atom. The Morgan fingerprint density at radius 3 is 3.00 bits per heavy atom. The lowest BCUT2D eigenvalue weighted by atomic mass is 9.95. The number of hydrogen-bond acceptors (Lipinski definition) is 4. The molecule has 0 aliphatic heterocycles. The summed E-state index contributed by atoms with van der Waals surface area (Å²) in [4.78, 5) is 4.68. The van der Waals surface area contributed by atoms with Crippen molar-refractivity contribution in [3.63, 3.8) is 0 Å². The van der Waals surface area contributed by atoms with Gasteiger partial charge in [0.1, 0.15) is 11.9 Å². The van der Waals surface area contributed by atoms with Gasteiger partial charge in [-0.1, -0.05) is 0 Å². The molecule has 5 heteroatoms. The third-order valence-corrected chi connectivity index (χ3v) is 4.27. The summed E-state index contributed by atoms with van der Waals surface area (Å²) in [7, 11) is 0. The fourth-order valence-corrected chi connectivity index (χ4v) is 2.97. The summed E-state index contributed by atoms with van der Waals surface area (Å²) >= 11 is 0. The minimum atomic E-state index is 0.667. The number of pyridine rings is 1. The summed E-state index contributed by atoms with van der Waals surface area (Å²) in [6.07, 6.45) is 8.34. The zero-order chi connectivity index (χ0) is 15.4. The van der Waals surface area contributed by atoms with Crippen molar-refractivity contribution in [3.8, 4) is 6.07 Å². The molecular weight excluding hydrogens is 274 g/mol. The van der Waals surface area contributed by atoms with Gasteiger partial charge in [0.15, 0.2) is 0 Å². The molecule has 0 aromatic carbocycles. The van der Waals surface area contributed by atoms with E-state index in [1.54, 1.807) is 0 Å². The normalized spacial score (nSPS) is 13.5. The molecule has 114 valence electrons. The van der Waals surface area contributed by atoms with E-state index in [1.165, 1.54) is 29.7 Å². The van der Waals surface area contributed by atoms with Crippen molar-refractivity contribution in [2.75, 3.05) is 11.9 Å². The maximum atomic E-state index is 9.32. The Morgan fingerprint density at radius 1 is 1.36 bits per heavy atom. The van der Waals surface area contributed by atoms with Crippen LogP contribution in [-0.4, -0.2) is 21.7 Å². The number of nitriles is 1. The Balaban J connectivity index is 1.62. The summed E-state index contributed by atoms with van der Waals surface area (Å²) in [5, 5.41) is 19.6. The van der Waals surface area contributed by atoms with Crippen LogP contribution >= 0.6 is 0 Å². The zero-order valence-corrected chi connectivity index (χ0v) is 12.9. The average Bonchev–Trinajstić information content (AvgIpc) is 2.96. The quantitative estimate of drug-likeness (QED) is 0.831. The number of H-pyrrole nitrogens is 1. The lowest BCUT2D eigenvalue weighted by Crippen LogP contribution is -2.12. The van der Waals surface area contributed by atoms with Gasteiger partial charge in [-0.05, 0) is 62.6 Å². The Hall–Kier alpha value is -2.35. The van der Waals surface area contributed by atoms with Crippen LogP contribution in [0, 0.1) is 18.3 Å². The van der Waals surface area contributed by atoms with Crippen LogP contribution in [0.2, 0.25) is 0 Å². The van der Waals surface area contributed by atoms with E-state index >= 15 is 0 Å². The van der Waals surface area contributed by atoms with Gasteiger partial charge in [0.05, 0.1) is 11.8 Å². The van der Waals surface area contributed by atoms with Crippen LogP contribution in [-0.2, 0) is 19.3 Å². The third kappa shape index (κ3) is 3.11. The summed E-state index contributed by atoms with van der Waals surface area (Å²) in [6, 6.07) is 4.29. The molecule has 5 nitrogen and oxygen atoms in total. The van der Waals surface area contributed by atoms with Gasteiger partial charge in [0, 0.05) is 17.9 Å². The molecule has 0 saturated heterocycles. The fourth-order valence-electron chi connectivity index (χ4n) is 2.97. The van der Waals surface area contributed by atoms with Gasteiger partial charge in [-0.25, -0.2) is 4.98 Å². The van der Waals surface area contributed by atoms with Gasteiger partial charge in [0.25, 0.3) is 0 Å². The fraction of sp³-hybridized carbons (Fsp3) is 0.471. The molecule has 2 N–H and O–H groups in total. The molecule has 1 aliphatic rings. The van der Waals surface area contributed by atoms with Crippen molar-refractivity contribution in [3.05, 3.63) is 40.3 Å². The van der Waals surface area contributed by atoms with Crippen LogP contribution in [0.1, 0.15) is 47.3 Å². The molecule has 0 radical (unpaired) electrons. The summed E-state index contributed by atoms with van der Waals surface area (Å²) in [5.41, 5.74) is 5.46. The summed E-state index contributed by atoms with van der Waals surface area (Å²) in [5.74, 6) is 0.743. The van der Waals surface area contributed by atoms with Crippen molar-refractivity contribution in [2.24, 2.45) is 0 Å². The van der Waals surface area contributed by atoms with Crippen LogP contribution in [0.3, 0.4) is 0 Å².